The van der Waals surface area contributed by atoms with Crippen LogP contribution in [0.4, 0.5) is 4.39 Å². The van der Waals surface area contributed by atoms with Gasteiger partial charge in [0, 0.05) is 10.9 Å². The predicted molar refractivity (Wildman–Crippen MR) is 94.4 cm³/mol. The average molecular weight is 357 g/mol. The van der Waals surface area contributed by atoms with Crippen molar-refractivity contribution < 1.29 is 18.7 Å². The van der Waals surface area contributed by atoms with E-state index >= 15 is 0 Å². The number of hydrogen-bond acceptors (Lipinski definition) is 5. The van der Waals surface area contributed by atoms with Crippen LogP contribution in [0.25, 0.3) is 10.6 Å². The summed E-state index contributed by atoms with van der Waals surface area (Å²) in [7, 11) is 1.51. The van der Waals surface area contributed by atoms with Crippen LogP contribution in [0.2, 0.25) is 0 Å². The summed E-state index contributed by atoms with van der Waals surface area (Å²) < 4.78 is 23.5. The van der Waals surface area contributed by atoms with E-state index in [4.69, 9.17) is 9.47 Å². The lowest BCUT2D eigenvalue weighted by molar-refractivity contribution is 0.0464. The van der Waals surface area contributed by atoms with Crippen molar-refractivity contribution in [3.8, 4) is 16.3 Å². The van der Waals surface area contributed by atoms with E-state index in [1.54, 1.807) is 24.3 Å². The molecule has 2 aromatic carbocycles. The Morgan fingerprint density at radius 3 is 2.68 bits per heavy atom. The van der Waals surface area contributed by atoms with Gasteiger partial charge in [0.2, 0.25) is 0 Å². The summed E-state index contributed by atoms with van der Waals surface area (Å²) in [5, 5.41) is 2.57. The number of carbonyl (C=O) groups excluding carboxylic acids is 1. The van der Waals surface area contributed by atoms with Crippen molar-refractivity contribution in [3.05, 3.63) is 70.5 Å². The molecule has 0 bridgehead atoms. The number of aryl methyl sites for hydroxylation is 1. The molecule has 3 aromatic rings. The summed E-state index contributed by atoms with van der Waals surface area (Å²) in [5.74, 6) is -0.278. The normalized spacial score (nSPS) is 10.5. The highest BCUT2D eigenvalue weighted by Gasteiger charge is 2.15. The molecular formula is C19H16FNO3S. The maximum absolute atomic E-state index is 13.0. The van der Waals surface area contributed by atoms with Gasteiger partial charge in [-0.05, 0) is 43.3 Å². The third kappa shape index (κ3) is 4.03. The Hall–Kier alpha value is -2.73. The quantitative estimate of drug-likeness (QED) is 0.625. The third-order valence-corrected chi connectivity index (χ3v) is 4.51. The van der Waals surface area contributed by atoms with Gasteiger partial charge in [0.15, 0.2) is 0 Å². The number of halogens is 1. The molecule has 128 valence electrons. The zero-order valence-electron chi connectivity index (χ0n) is 13.8. The topological polar surface area (TPSA) is 48.4 Å². The van der Waals surface area contributed by atoms with Gasteiger partial charge in [-0.2, -0.15) is 0 Å². The van der Waals surface area contributed by atoms with Gasteiger partial charge in [-0.1, -0.05) is 11.6 Å². The van der Waals surface area contributed by atoms with Crippen molar-refractivity contribution in [2.24, 2.45) is 0 Å². The Bertz CT molecular complexity index is 890. The smallest absolute Gasteiger partial charge is 0.342 e. The molecule has 6 heteroatoms. The van der Waals surface area contributed by atoms with E-state index < -0.39 is 5.97 Å². The van der Waals surface area contributed by atoms with Crippen molar-refractivity contribution in [2.45, 2.75) is 13.5 Å². The molecule has 0 saturated heterocycles. The molecule has 0 unspecified atom stereocenters. The van der Waals surface area contributed by atoms with E-state index in [-0.39, 0.29) is 12.4 Å². The zero-order chi connectivity index (χ0) is 17.8. The van der Waals surface area contributed by atoms with E-state index in [9.17, 15) is 9.18 Å². The molecule has 0 saturated carbocycles. The zero-order valence-corrected chi connectivity index (χ0v) is 14.6. The van der Waals surface area contributed by atoms with Crippen LogP contribution in [0.5, 0.6) is 5.75 Å². The Labute approximate surface area is 148 Å². The molecule has 0 atom stereocenters. The van der Waals surface area contributed by atoms with Crippen molar-refractivity contribution in [2.75, 3.05) is 7.11 Å². The maximum Gasteiger partial charge on any atom is 0.342 e. The molecule has 1 heterocycles. The molecule has 4 nitrogen and oxygen atoms in total. The number of ether oxygens (including phenoxy) is 2. The number of methoxy groups -OCH3 is 1. The van der Waals surface area contributed by atoms with Crippen molar-refractivity contribution in [3.63, 3.8) is 0 Å². The van der Waals surface area contributed by atoms with Crippen LogP contribution < -0.4 is 4.74 Å². The molecule has 0 aliphatic heterocycles. The largest absolute Gasteiger partial charge is 0.496 e. The van der Waals surface area contributed by atoms with Crippen LogP contribution >= 0.6 is 11.3 Å². The Morgan fingerprint density at radius 1 is 1.20 bits per heavy atom. The van der Waals surface area contributed by atoms with Gasteiger partial charge >= 0.3 is 5.97 Å². The van der Waals surface area contributed by atoms with Gasteiger partial charge < -0.3 is 9.47 Å². The number of esters is 1. The highest BCUT2D eigenvalue weighted by Crippen LogP contribution is 2.25. The molecule has 0 spiro atoms. The minimum Gasteiger partial charge on any atom is -0.496 e. The van der Waals surface area contributed by atoms with E-state index in [1.165, 1.54) is 30.6 Å². The summed E-state index contributed by atoms with van der Waals surface area (Å²) in [6.07, 6.45) is 0. The molecule has 0 aliphatic carbocycles. The number of rotatable bonds is 5. The molecule has 3 rings (SSSR count). The Morgan fingerprint density at radius 2 is 1.96 bits per heavy atom. The number of thiazole rings is 1. The number of carbonyl (C=O) groups is 1. The number of nitrogens with zero attached hydrogens (tertiary/aromatic N) is 1. The monoisotopic (exact) mass is 357 g/mol. The molecular weight excluding hydrogens is 341 g/mol. The highest BCUT2D eigenvalue weighted by molar-refractivity contribution is 7.13. The van der Waals surface area contributed by atoms with E-state index in [1.807, 2.05) is 18.4 Å². The molecule has 25 heavy (non-hydrogen) atoms. The number of benzene rings is 2. The third-order valence-electron chi connectivity index (χ3n) is 3.57. The van der Waals surface area contributed by atoms with Crippen LogP contribution in [-0.4, -0.2) is 18.1 Å². The van der Waals surface area contributed by atoms with Gasteiger partial charge in [-0.15, -0.1) is 11.3 Å². The second kappa shape index (κ2) is 7.44. The summed E-state index contributed by atoms with van der Waals surface area (Å²) in [4.78, 5) is 16.7. The van der Waals surface area contributed by atoms with E-state index in [2.05, 4.69) is 4.98 Å². The van der Waals surface area contributed by atoms with Crippen molar-refractivity contribution in [1.29, 1.82) is 0 Å². The number of hydrogen-bond donors (Lipinski definition) is 0. The van der Waals surface area contributed by atoms with Crippen LogP contribution in [-0.2, 0) is 11.3 Å². The van der Waals surface area contributed by atoms with Gasteiger partial charge in [0.25, 0.3) is 0 Å². The lowest BCUT2D eigenvalue weighted by Crippen LogP contribution is -2.07. The first-order valence-electron chi connectivity index (χ1n) is 7.59. The summed E-state index contributed by atoms with van der Waals surface area (Å²) in [6, 6.07) is 11.4. The Balaban J connectivity index is 1.69. The number of aromatic nitrogens is 1. The molecule has 0 amide bonds. The van der Waals surface area contributed by atoms with Crippen LogP contribution in [0, 0.1) is 12.7 Å². The van der Waals surface area contributed by atoms with Crippen LogP contribution in [0.1, 0.15) is 21.6 Å². The fraction of sp³-hybridized carbons (Fsp3) is 0.158. The summed E-state index contributed by atoms with van der Waals surface area (Å²) >= 11 is 1.42. The van der Waals surface area contributed by atoms with Gasteiger partial charge in [-0.3, -0.25) is 0 Å². The first kappa shape index (κ1) is 17.1. The molecule has 0 fully saturated rings. The van der Waals surface area contributed by atoms with Crippen LogP contribution in [0.15, 0.2) is 47.8 Å². The minimum atomic E-state index is -0.461. The Kier molecular flexibility index (Phi) is 5.09. The van der Waals surface area contributed by atoms with Gasteiger partial charge in [-0.25, -0.2) is 14.2 Å². The fourth-order valence-corrected chi connectivity index (χ4v) is 3.11. The van der Waals surface area contributed by atoms with Gasteiger partial charge in [0.1, 0.15) is 28.7 Å². The first-order valence-corrected chi connectivity index (χ1v) is 8.47. The fourth-order valence-electron chi connectivity index (χ4n) is 2.30. The second-order valence-corrected chi connectivity index (χ2v) is 6.29. The molecule has 0 N–H and O–H groups in total. The minimum absolute atomic E-state index is 0.0631. The van der Waals surface area contributed by atoms with E-state index in [0.29, 0.717) is 17.0 Å². The van der Waals surface area contributed by atoms with Crippen LogP contribution in [0.3, 0.4) is 0 Å². The SMILES string of the molecule is COc1ccc(C)cc1C(=O)OCc1csc(-c2ccc(F)cc2)n1. The lowest BCUT2D eigenvalue weighted by Gasteiger charge is -2.08. The first-order chi connectivity index (χ1) is 12.1. The summed E-state index contributed by atoms with van der Waals surface area (Å²) in [5.41, 5.74) is 2.80. The average Bonchev–Trinajstić information content (AvgIpc) is 3.09. The predicted octanol–water partition coefficient (Wildman–Crippen LogP) is 4.62. The molecule has 0 aliphatic rings. The molecule has 1 aromatic heterocycles. The van der Waals surface area contributed by atoms with Gasteiger partial charge in [0.05, 0.1) is 12.8 Å². The van der Waals surface area contributed by atoms with Crippen molar-refractivity contribution >= 4 is 17.3 Å². The second-order valence-electron chi connectivity index (χ2n) is 5.43. The highest BCUT2D eigenvalue weighted by atomic mass is 32.1. The summed E-state index contributed by atoms with van der Waals surface area (Å²) in [6.45, 7) is 1.96. The standard InChI is InChI=1S/C19H16FNO3S/c1-12-3-8-17(23-2)16(9-12)19(22)24-10-15-11-25-18(21-15)13-4-6-14(20)7-5-13/h3-9,11H,10H2,1-2H3. The molecule has 0 radical (unpaired) electrons. The van der Waals surface area contributed by atoms with E-state index in [0.717, 1.165) is 16.1 Å². The van der Waals surface area contributed by atoms with Crippen molar-refractivity contribution in [1.82, 2.24) is 4.98 Å². The maximum atomic E-state index is 13.0. The lowest BCUT2D eigenvalue weighted by atomic mass is 10.1.